The zero-order chi connectivity index (χ0) is 13.9. The number of para-hydroxylation sites is 1. The molecule has 1 amide bonds. The van der Waals surface area contributed by atoms with Crippen molar-refractivity contribution in [3.63, 3.8) is 0 Å². The molecule has 2 N–H and O–H groups in total. The molecule has 2 aromatic rings. The lowest BCUT2D eigenvalue weighted by Gasteiger charge is -2.31. The Balaban J connectivity index is 1.67. The molecule has 1 aliphatic heterocycles. The Morgan fingerprint density at radius 3 is 2.80 bits per heavy atom. The minimum absolute atomic E-state index is 0.190. The van der Waals surface area contributed by atoms with Crippen LogP contribution in [0.2, 0.25) is 0 Å². The number of fused-ring (bicyclic) bond motifs is 1. The van der Waals surface area contributed by atoms with Crippen molar-refractivity contribution in [1.29, 1.82) is 0 Å². The molecule has 0 aliphatic carbocycles. The molecule has 20 heavy (non-hydrogen) atoms. The van der Waals surface area contributed by atoms with E-state index in [4.69, 9.17) is 10.7 Å². The van der Waals surface area contributed by atoms with E-state index in [9.17, 15) is 4.79 Å². The van der Waals surface area contributed by atoms with Crippen molar-refractivity contribution < 1.29 is 4.79 Å². The Hall–Kier alpha value is -1.46. The summed E-state index contributed by atoms with van der Waals surface area (Å²) in [6.45, 7) is 2.11. The predicted octanol–water partition coefficient (Wildman–Crippen LogP) is 2.35. The second-order valence-corrected chi connectivity index (χ2v) is 6.28. The Labute approximate surface area is 122 Å². The molecule has 3 rings (SSSR count). The van der Waals surface area contributed by atoms with Crippen LogP contribution in [0.25, 0.3) is 10.2 Å². The third kappa shape index (κ3) is 2.69. The molecule has 106 valence electrons. The van der Waals surface area contributed by atoms with Gasteiger partial charge < -0.3 is 10.6 Å². The first kappa shape index (κ1) is 13.5. The maximum absolute atomic E-state index is 11.8. The summed E-state index contributed by atoms with van der Waals surface area (Å²) in [5.74, 6) is 0.685. The summed E-state index contributed by atoms with van der Waals surface area (Å²) in [5.41, 5.74) is 6.53. The molecule has 1 fully saturated rings. The number of piperidine rings is 1. The summed E-state index contributed by atoms with van der Waals surface area (Å²) < 4.78 is 1.25. The summed E-state index contributed by atoms with van der Waals surface area (Å²) in [6, 6.07) is 8.27. The van der Waals surface area contributed by atoms with E-state index >= 15 is 0 Å². The fraction of sp³-hybridized carbons (Fsp3) is 0.467. The summed E-state index contributed by atoms with van der Waals surface area (Å²) in [7, 11) is 0. The van der Waals surface area contributed by atoms with Gasteiger partial charge in [-0.1, -0.05) is 12.1 Å². The van der Waals surface area contributed by atoms with E-state index in [-0.39, 0.29) is 5.91 Å². The molecule has 0 saturated carbocycles. The lowest BCUT2D eigenvalue weighted by molar-refractivity contribution is -0.132. The number of hydrogen-bond donors (Lipinski definition) is 1. The first-order valence-corrected chi connectivity index (χ1v) is 7.93. The Morgan fingerprint density at radius 1 is 1.35 bits per heavy atom. The number of carbonyl (C=O) groups excluding carboxylic acids is 1. The molecular weight excluding hydrogens is 270 g/mol. The lowest BCUT2D eigenvalue weighted by atomic mass is 9.97. The van der Waals surface area contributed by atoms with E-state index in [1.165, 1.54) is 9.71 Å². The largest absolute Gasteiger partial charge is 0.343 e. The number of thiazole rings is 1. The highest BCUT2D eigenvalue weighted by Crippen LogP contribution is 2.33. The van der Waals surface area contributed by atoms with Crippen molar-refractivity contribution in [3.05, 3.63) is 29.3 Å². The fourth-order valence-corrected chi connectivity index (χ4v) is 3.86. The maximum atomic E-state index is 11.8. The van der Waals surface area contributed by atoms with Crippen LogP contribution in [0.4, 0.5) is 0 Å². The molecule has 2 heterocycles. The van der Waals surface area contributed by atoms with Gasteiger partial charge in [-0.25, -0.2) is 4.98 Å². The Bertz CT molecular complexity index is 569. The van der Waals surface area contributed by atoms with Gasteiger partial charge in [-0.3, -0.25) is 4.79 Å². The van der Waals surface area contributed by atoms with Gasteiger partial charge in [-0.05, 0) is 25.0 Å². The van der Waals surface area contributed by atoms with Crippen LogP contribution in [-0.4, -0.2) is 35.4 Å². The van der Waals surface area contributed by atoms with E-state index < -0.39 is 0 Å². The first-order valence-electron chi connectivity index (χ1n) is 7.11. The number of rotatable bonds is 3. The quantitative estimate of drug-likeness (QED) is 0.943. The Kier molecular flexibility index (Phi) is 3.98. The molecule has 0 radical (unpaired) electrons. The third-order valence-corrected chi connectivity index (χ3v) is 5.06. The molecule has 1 saturated heterocycles. The van der Waals surface area contributed by atoms with Crippen LogP contribution in [0.5, 0.6) is 0 Å². The molecule has 5 heteroatoms. The molecule has 0 spiro atoms. The summed E-state index contributed by atoms with van der Waals surface area (Å²) >= 11 is 1.79. The molecule has 0 unspecified atom stereocenters. The number of hydrogen-bond acceptors (Lipinski definition) is 4. The molecule has 1 aromatic heterocycles. The van der Waals surface area contributed by atoms with Crippen molar-refractivity contribution in [3.8, 4) is 0 Å². The highest BCUT2D eigenvalue weighted by molar-refractivity contribution is 7.18. The molecule has 0 bridgehead atoms. The number of amides is 1. The fourth-order valence-electron chi connectivity index (χ4n) is 2.72. The smallest absolute Gasteiger partial charge is 0.223 e. The van der Waals surface area contributed by atoms with Gasteiger partial charge in [0.05, 0.1) is 15.2 Å². The predicted molar refractivity (Wildman–Crippen MR) is 81.8 cm³/mol. The number of carbonyl (C=O) groups is 1. The number of nitrogens with zero attached hydrogens (tertiary/aromatic N) is 2. The molecule has 1 aliphatic rings. The number of likely N-dealkylation sites (tertiary alicyclic amines) is 1. The van der Waals surface area contributed by atoms with E-state index in [1.807, 2.05) is 11.0 Å². The molecular formula is C15H19N3OS. The number of benzene rings is 1. The van der Waals surface area contributed by atoms with Crippen LogP contribution in [0, 0.1) is 0 Å². The van der Waals surface area contributed by atoms with E-state index in [0.717, 1.165) is 31.4 Å². The van der Waals surface area contributed by atoms with Crippen LogP contribution < -0.4 is 5.73 Å². The molecule has 0 atom stereocenters. The van der Waals surface area contributed by atoms with Gasteiger partial charge in [0.25, 0.3) is 0 Å². The highest BCUT2D eigenvalue weighted by atomic mass is 32.1. The van der Waals surface area contributed by atoms with Crippen LogP contribution in [0.15, 0.2) is 24.3 Å². The molecule has 1 aromatic carbocycles. The minimum atomic E-state index is 0.190. The van der Waals surface area contributed by atoms with Crippen LogP contribution in [0.3, 0.4) is 0 Å². The maximum Gasteiger partial charge on any atom is 0.223 e. The Morgan fingerprint density at radius 2 is 2.10 bits per heavy atom. The first-order chi connectivity index (χ1) is 9.78. The summed E-state index contributed by atoms with van der Waals surface area (Å²) in [6.07, 6.45) is 2.48. The van der Waals surface area contributed by atoms with Gasteiger partial charge in [0.15, 0.2) is 0 Å². The summed E-state index contributed by atoms with van der Waals surface area (Å²) in [4.78, 5) is 18.5. The zero-order valence-corrected chi connectivity index (χ0v) is 12.2. The van der Waals surface area contributed by atoms with Crippen molar-refractivity contribution >= 4 is 27.5 Å². The monoisotopic (exact) mass is 289 g/mol. The van der Waals surface area contributed by atoms with Crippen molar-refractivity contribution in [2.45, 2.75) is 25.2 Å². The van der Waals surface area contributed by atoms with E-state index in [2.05, 4.69) is 18.2 Å². The van der Waals surface area contributed by atoms with Crippen molar-refractivity contribution in [2.75, 3.05) is 19.6 Å². The van der Waals surface area contributed by atoms with Gasteiger partial charge >= 0.3 is 0 Å². The number of aromatic nitrogens is 1. The van der Waals surface area contributed by atoms with E-state index in [1.54, 1.807) is 11.3 Å². The van der Waals surface area contributed by atoms with Gasteiger partial charge in [0.1, 0.15) is 0 Å². The third-order valence-electron chi connectivity index (χ3n) is 3.87. The van der Waals surface area contributed by atoms with Gasteiger partial charge in [0, 0.05) is 32.0 Å². The average molecular weight is 289 g/mol. The number of nitrogens with two attached hydrogens (primary N) is 1. The molecule has 4 nitrogen and oxygen atoms in total. The van der Waals surface area contributed by atoms with Crippen LogP contribution >= 0.6 is 11.3 Å². The van der Waals surface area contributed by atoms with Gasteiger partial charge in [-0.15, -0.1) is 11.3 Å². The van der Waals surface area contributed by atoms with Crippen molar-refractivity contribution in [2.24, 2.45) is 5.73 Å². The van der Waals surface area contributed by atoms with Crippen LogP contribution in [0.1, 0.15) is 30.2 Å². The second-order valence-electron chi connectivity index (χ2n) is 5.21. The van der Waals surface area contributed by atoms with E-state index in [0.29, 0.717) is 18.9 Å². The van der Waals surface area contributed by atoms with Crippen molar-refractivity contribution in [1.82, 2.24) is 9.88 Å². The minimum Gasteiger partial charge on any atom is -0.343 e. The topological polar surface area (TPSA) is 59.2 Å². The SMILES string of the molecule is NCCC(=O)N1CCC(c2nc3ccccc3s2)CC1. The van der Waals surface area contributed by atoms with Crippen LogP contribution in [-0.2, 0) is 4.79 Å². The van der Waals surface area contributed by atoms with Gasteiger partial charge in [-0.2, -0.15) is 0 Å². The summed E-state index contributed by atoms with van der Waals surface area (Å²) in [5, 5.41) is 1.22. The highest BCUT2D eigenvalue weighted by Gasteiger charge is 2.25. The average Bonchev–Trinajstić information content (AvgIpc) is 2.91. The second kappa shape index (κ2) is 5.89. The zero-order valence-electron chi connectivity index (χ0n) is 11.4. The standard InChI is InChI=1S/C15H19N3OS/c16-8-5-14(19)18-9-6-11(7-10-18)15-17-12-3-1-2-4-13(12)20-15/h1-4,11H,5-10,16H2. The van der Waals surface area contributed by atoms with Gasteiger partial charge in [0.2, 0.25) is 5.91 Å². The lowest BCUT2D eigenvalue weighted by Crippen LogP contribution is -2.38. The normalized spacial score (nSPS) is 16.8.